The number of aromatic nitrogens is 3. The fourth-order valence-corrected chi connectivity index (χ4v) is 2.55. The van der Waals surface area contributed by atoms with Gasteiger partial charge in [-0.3, -0.25) is 10.00 Å². The average Bonchev–Trinajstić information content (AvgIpc) is 3.19. The normalized spacial score (nSPS) is 21.5. The molecule has 0 aromatic carbocycles. The number of amides is 2. The lowest BCUT2D eigenvalue weighted by Crippen LogP contribution is -2.44. The lowest BCUT2D eigenvalue weighted by molar-refractivity contribution is -0.00702. The van der Waals surface area contributed by atoms with Crippen LogP contribution in [-0.4, -0.2) is 33.6 Å². The van der Waals surface area contributed by atoms with Gasteiger partial charge in [-0.25, -0.2) is 4.79 Å². The molecule has 2 atom stereocenters. The van der Waals surface area contributed by atoms with E-state index >= 15 is 0 Å². The van der Waals surface area contributed by atoms with Crippen molar-refractivity contribution >= 4 is 11.8 Å². The molecule has 22 heavy (non-hydrogen) atoms. The molecule has 8 heteroatoms. The third kappa shape index (κ3) is 3.28. The summed E-state index contributed by atoms with van der Waals surface area (Å²) >= 11 is 0. The number of carbonyl (C=O) groups excluding carboxylic acids is 1. The standard InChI is InChI=1S/C14H19N5O3/c1-2-19-9-10(8-15-19)13-11(4-3-6-21-13)16-14(20)17-12-5-7-22-18-12/h5,7-9,11,13H,2-4,6H2,1H3,(H2,16,17,18,20)/t11-,13+/m0/s1. The van der Waals surface area contributed by atoms with Gasteiger partial charge in [-0.05, 0) is 19.8 Å². The van der Waals surface area contributed by atoms with E-state index in [1.54, 1.807) is 12.3 Å². The smallest absolute Gasteiger partial charge is 0.320 e. The first-order chi connectivity index (χ1) is 10.8. The predicted octanol–water partition coefficient (Wildman–Crippen LogP) is 1.93. The predicted molar refractivity (Wildman–Crippen MR) is 78.3 cm³/mol. The number of hydrogen-bond donors (Lipinski definition) is 2. The van der Waals surface area contributed by atoms with E-state index in [1.165, 1.54) is 6.26 Å². The Morgan fingerprint density at radius 2 is 2.45 bits per heavy atom. The number of carbonyl (C=O) groups is 1. The minimum atomic E-state index is -0.322. The summed E-state index contributed by atoms with van der Waals surface area (Å²) in [5.74, 6) is 0.379. The lowest BCUT2D eigenvalue weighted by atomic mass is 9.98. The molecule has 1 fully saturated rings. The molecular weight excluding hydrogens is 286 g/mol. The summed E-state index contributed by atoms with van der Waals surface area (Å²) in [7, 11) is 0. The van der Waals surface area contributed by atoms with Crippen LogP contribution in [0, 0.1) is 0 Å². The SMILES string of the molecule is CCn1cc([C@H]2OCCC[C@@H]2NC(=O)Nc2ccon2)cn1. The summed E-state index contributed by atoms with van der Waals surface area (Å²) < 4.78 is 12.4. The molecule has 2 aromatic rings. The van der Waals surface area contributed by atoms with Crippen LogP contribution in [0.15, 0.2) is 29.2 Å². The maximum Gasteiger partial charge on any atom is 0.320 e. The molecule has 3 heterocycles. The highest BCUT2D eigenvalue weighted by atomic mass is 16.5. The number of anilines is 1. The second kappa shape index (κ2) is 6.61. The van der Waals surface area contributed by atoms with Gasteiger partial charge >= 0.3 is 6.03 Å². The first-order valence-corrected chi connectivity index (χ1v) is 7.38. The molecule has 118 valence electrons. The zero-order valence-corrected chi connectivity index (χ0v) is 12.4. The number of nitrogens with zero attached hydrogens (tertiary/aromatic N) is 3. The Morgan fingerprint density at radius 3 is 3.18 bits per heavy atom. The zero-order chi connectivity index (χ0) is 15.4. The monoisotopic (exact) mass is 305 g/mol. The van der Waals surface area contributed by atoms with E-state index in [0.717, 1.165) is 24.9 Å². The summed E-state index contributed by atoms with van der Waals surface area (Å²) in [6, 6.07) is 1.16. The number of hydrogen-bond acceptors (Lipinski definition) is 5. The van der Waals surface area contributed by atoms with Gasteiger partial charge in [0.2, 0.25) is 0 Å². The van der Waals surface area contributed by atoms with Crippen molar-refractivity contribution in [3.05, 3.63) is 30.3 Å². The maximum atomic E-state index is 12.0. The quantitative estimate of drug-likeness (QED) is 0.900. The fraction of sp³-hybridized carbons (Fsp3) is 0.500. The molecule has 0 aliphatic carbocycles. The van der Waals surface area contributed by atoms with Gasteiger partial charge in [0.05, 0.1) is 12.2 Å². The largest absolute Gasteiger partial charge is 0.371 e. The van der Waals surface area contributed by atoms with Gasteiger partial charge in [0.25, 0.3) is 0 Å². The minimum Gasteiger partial charge on any atom is -0.371 e. The third-order valence-corrected chi connectivity index (χ3v) is 3.62. The van der Waals surface area contributed by atoms with E-state index in [9.17, 15) is 4.79 Å². The van der Waals surface area contributed by atoms with E-state index in [-0.39, 0.29) is 18.2 Å². The molecule has 0 saturated carbocycles. The first kappa shape index (κ1) is 14.6. The first-order valence-electron chi connectivity index (χ1n) is 7.38. The van der Waals surface area contributed by atoms with Crippen LogP contribution >= 0.6 is 0 Å². The van der Waals surface area contributed by atoms with E-state index < -0.39 is 0 Å². The Kier molecular flexibility index (Phi) is 4.38. The van der Waals surface area contributed by atoms with Crippen LogP contribution in [0.1, 0.15) is 31.4 Å². The molecule has 1 aliphatic rings. The minimum absolute atomic E-state index is 0.102. The lowest BCUT2D eigenvalue weighted by Gasteiger charge is -2.31. The van der Waals surface area contributed by atoms with E-state index in [4.69, 9.17) is 4.74 Å². The average molecular weight is 305 g/mol. The van der Waals surface area contributed by atoms with Crippen molar-refractivity contribution in [1.29, 1.82) is 0 Å². The molecule has 2 N–H and O–H groups in total. The Balaban J connectivity index is 1.65. The second-order valence-corrected chi connectivity index (χ2v) is 5.15. The van der Waals surface area contributed by atoms with Gasteiger partial charge in [0, 0.05) is 31.0 Å². The maximum absolute atomic E-state index is 12.0. The summed E-state index contributed by atoms with van der Waals surface area (Å²) in [6.07, 6.45) is 6.74. The van der Waals surface area contributed by atoms with Crippen LogP contribution in [0.3, 0.4) is 0 Å². The zero-order valence-electron chi connectivity index (χ0n) is 12.4. The molecule has 0 unspecified atom stereocenters. The highest BCUT2D eigenvalue weighted by Crippen LogP contribution is 2.28. The fourth-order valence-electron chi connectivity index (χ4n) is 2.55. The van der Waals surface area contributed by atoms with Gasteiger partial charge in [-0.1, -0.05) is 5.16 Å². The molecule has 2 aromatic heterocycles. The van der Waals surface area contributed by atoms with Gasteiger partial charge in [0.15, 0.2) is 5.82 Å². The van der Waals surface area contributed by atoms with Crippen LogP contribution in [0.5, 0.6) is 0 Å². The number of rotatable bonds is 4. The summed E-state index contributed by atoms with van der Waals surface area (Å²) in [5.41, 5.74) is 0.980. The van der Waals surface area contributed by atoms with Crippen molar-refractivity contribution in [3.63, 3.8) is 0 Å². The van der Waals surface area contributed by atoms with Crippen LogP contribution < -0.4 is 10.6 Å². The molecule has 3 rings (SSSR count). The summed E-state index contributed by atoms with van der Waals surface area (Å²) in [4.78, 5) is 12.0. The highest BCUT2D eigenvalue weighted by molar-refractivity contribution is 5.88. The Bertz CT molecular complexity index is 610. The highest BCUT2D eigenvalue weighted by Gasteiger charge is 2.29. The van der Waals surface area contributed by atoms with Crippen molar-refractivity contribution in [2.24, 2.45) is 0 Å². The summed E-state index contributed by atoms with van der Waals surface area (Å²) in [5, 5.41) is 13.5. The topological polar surface area (TPSA) is 94.2 Å². The van der Waals surface area contributed by atoms with Crippen LogP contribution in [0.25, 0.3) is 0 Å². The third-order valence-electron chi connectivity index (χ3n) is 3.62. The molecule has 0 bridgehead atoms. The Morgan fingerprint density at radius 1 is 1.55 bits per heavy atom. The van der Waals surface area contributed by atoms with Crippen molar-refractivity contribution in [3.8, 4) is 0 Å². The van der Waals surface area contributed by atoms with Gasteiger partial charge in [0.1, 0.15) is 12.4 Å². The van der Waals surface area contributed by atoms with Crippen molar-refractivity contribution in [2.45, 2.75) is 38.5 Å². The molecule has 0 radical (unpaired) electrons. The van der Waals surface area contributed by atoms with Crippen LogP contribution in [0.4, 0.5) is 10.6 Å². The van der Waals surface area contributed by atoms with E-state index in [0.29, 0.717) is 12.4 Å². The molecule has 0 spiro atoms. The Hall–Kier alpha value is -2.35. The van der Waals surface area contributed by atoms with Crippen LogP contribution in [-0.2, 0) is 11.3 Å². The van der Waals surface area contributed by atoms with Crippen molar-refractivity contribution < 1.29 is 14.1 Å². The molecule has 2 amide bonds. The van der Waals surface area contributed by atoms with Crippen molar-refractivity contribution in [1.82, 2.24) is 20.3 Å². The molecule has 1 saturated heterocycles. The second-order valence-electron chi connectivity index (χ2n) is 5.15. The van der Waals surface area contributed by atoms with Crippen molar-refractivity contribution in [2.75, 3.05) is 11.9 Å². The van der Waals surface area contributed by atoms with Gasteiger partial charge < -0.3 is 14.6 Å². The summed E-state index contributed by atoms with van der Waals surface area (Å²) in [6.45, 7) is 3.52. The molecule has 8 nitrogen and oxygen atoms in total. The molecule has 1 aliphatic heterocycles. The number of nitrogens with one attached hydrogen (secondary N) is 2. The Labute approximate surface area is 127 Å². The van der Waals surface area contributed by atoms with Crippen LogP contribution in [0.2, 0.25) is 0 Å². The van der Waals surface area contributed by atoms with E-state index in [1.807, 2.05) is 17.8 Å². The number of urea groups is 1. The number of ether oxygens (including phenoxy) is 1. The van der Waals surface area contributed by atoms with Gasteiger partial charge in [-0.15, -0.1) is 0 Å². The van der Waals surface area contributed by atoms with E-state index in [2.05, 4.69) is 25.4 Å². The number of aryl methyl sites for hydroxylation is 1. The van der Waals surface area contributed by atoms with Gasteiger partial charge in [-0.2, -0.15) is 5.10 Å². The molecular formula is C14H19N5O3.